The van der Waals surface area contributed by atoms with E-state index in [1.807, 2.05) is 0 Å². The van der Waals surface area contributed by atoms with Crippen LogP contribution in [0.5, 0.6) is 0 Å². The van der Waals surface area contributed by atoms with E-state index in [9.17, 15) is 19.8 Å². The van der Waals surface area contributed by atoms with E-state index in [1.54, 1.807) is 22.6 Å². The summed E-state index contributed by atoms with van der Waals surface area (Å²) in [7, 11) is 0. The van der Waals surface area contributed by atoms with E-state index in [0.29, 0.717) is 6.42 Å². The molecule has 0 aromatic rings. The van der Waals surface area contributed by atoms with Crippen molar-refractivity contribution in [3.05, 3.63) is 20.7 Å². The maximum absolute atomic E-state index is 11.9. The molecule has 2 N–H and O–H groups in total. The summed E-state index contributed by atoms with van der Waals surface area (Å²) < 4.78 is -0.101. The maximum Gasteiger partial charge on any atom is 0.237 e. The lowest BCUT2D eigenvalue weighted by atomic mass is 9.94. The van der Waals surface area contributed by atoms with Gasteiger partial charge in [-0.15, -0.1) is 0 Å². The molecule has 4 nitrogen and oxygen atoms in total. The van der Waals surface area contributed by atoms with Crippen molar-refractivity contribution in [1.29, 1.82) is 0 Å². The van der Waals surface area contributed by atoms with E-state index in [4.69, 9.17) is 0 Å². The quantitative estimate of drug-likeness (QED) is 0.294. The number of allylic oxidation sites excluding steroid dienone is 2. The van der Waals surface area contributed by atoms with Crippen molar-refractivity contribution < 1.29 is 19.8 Å². The second kappa shape index (κ2) is 10.0. The van der Waals surface area contributed by atoms with Crippen LogP contribution < -0.4 is 0 Å². The Morgan fingerprint density at radius 3 is 1.82 bits per heavy atom. The molecule has 0 fully saturated rings. The van der Waals surface area contributed by atoms with Gasteiger partial charge >= 0.3 is 0 Å². The van der Waals surface area contributed by atoms with Crippen LogP contribution in [0, 0.1) is 0 Å². The third-order valence-electron chi connectivity index (χ3n) is 3.93. The zero-order valence-electron chi connectivity index (χ0n) is 13.2. The Labute approximate surface area is 145 Å². The fourth-order valence-corrected chi connectivity index (χ4v) is 3.04. The van der Waals surface area contributed by atoms with E-state index in [0.717, 1.165) is 19.3 Å². The molecule has 0 spiro atoms. The first kappa shape index (κ1) is 19.2. The molecule has 1 rings (SSSR count). The van der Waals surface area contributed by atoms with Gasteiger partial charge in [-0.3, -0.25) is 9.59 Å². The monoisotopic (exact) mass is 420 g/mol. The van der Waals surface area contributed by atoms with Crippen LogP contribution in [0.2, 0.25) is 0 Å². The van der Waals surface area contributed by atoms with Crippen molar-refractivity contribution in [2.45, 2.75) is 71.1 Å². The fraction of sp³-hybridized carbons (Fsp3) is 0.647. The smallest absolute Gasteiger partial charge is 0.237 e. The van der Waals surface area contributed by atoms with Gasteiger partial charge in [0.25, 0.3) is 0 Å². The van der Waals surface area contributed by atoms with Crippen LogP contribution in [-0.4, -0.2) is 21.8 Å². The molecule has 0 heterocycles. The first-order valence-corrected chi connectivity index (χ1v) is 9.18. The number of ketones is 2. The highest BCUT2D eigenvalue weighted by molar-refractivity contribution is 14.1. The Balaban J connectivity index is 2.28. The van der Waals surface area contributed by atoms with Gasteiger partial charge in [-0.05, 0) is 35.4 Å². The molecule has 1 aliphatic rings. The van der Waals surface area contributed by atoms with Crippen molar-refractivity contribution in [3.8, 4) is 0 Å². The topological polar surface area (TPSA) is 74.6 Å². The highest BCUT2D eigenvalue weighted by atomic mass is 127. The number of rotatable bonds is 10. The molecule has 0 bridgehead atoms. The number of carbonyl (C=O) groups is 2. The van der Waals surface area contributed by atoms with E-state index < -0.39 is 23.1 Å². The second-order valence-corrected chi connectivity index (χ2v) is 6.81. The highest BCUT2D eigenvalue weighted by Crippen LogP contribution is 2.29. The van der Waals surface area contributed by atoms with Crippen LogP contribution in [0.3, 0.4) is 0 Å². The zero-order chi connectivity index (χ0) is 16.5. The Bertz CT molecular complexity index is 477. The van der Waals surface area contributed by atoms with Crippen LogP contribution in [0.4, 0.5) is 0 Å². The number of hydrogen-bond acceptors (Lipinski definition) is 4. The number of hydrogen-bond donors (Lipinski definition) is 2. The third-order valence-corrected chi connectivity index (χ3v) is 4.93. The van der Waals surface area contributed by atoms with Crippen LogP contribution >= 0.6 is 22.6 Å². The number of carbonyl (C=O) groups excluding carboxylic acids is 2. The summed E-state index contributed by atoms with van der Waals surface area (Å²) >= 11 is 1.58. The molecular weight excluding hydrogens is 395 g/mol. The predicted molar refractivity (Wildman–Crippen MR) is 95.2 cm³/mol. The first-order valence-electron chi connectivity index (χ1n) is 8.11. The van der Waals surface area contributed by atoms with Crippen molar-refractivity contribution in [2.75, 3.05) is 0 Å². The van der Waals surface area contributed by atoms with Gasteiger partial charge in [0.2, 0.25) is 11.6 Å². The van der Waals surface area contributed by atoms with Gasteiger partial charge in [0.15, 0.2) is 11.5 Å². The van der Waals surface area contributed by atoms with Crippen LogP contribution in [0.1, 0.15) is 71.1 Å². The third kappa shape index (κ3) is 5.41. The van der Waals surface area contributed by atoms with E-state index in [-0.39, 0.29) is 9.15 Å². The second-order valence-electron chi connectivity index (χ2n) is 5.73. The number of unbranched alkanes of at least 4 members (excludes halogenated alkanes) is 8. The number of aliphatic hydroxyl groups is 2. The molecule has 0 amide bonds. The lowest BCUT2D eigenvalue weighted by Crippen LogP contribution is -2.21. The average molecular weight is 420 g/mol. The van der Waals surface area contributed by atoms with Gasteiger partial charge in [0.1, 0.15) is 3.58 Å². The van der Waals surface area contributed by atoms with Crippen LogP contribution in [-0.2, 0) is 9.59 Å². The summed E-state index contributed by atoms with van der Waals surface area (Å²) in [4.78, 5) is 23.5. The van der Waals surface area contributed by atoms with Crippen molar-refractivity contribution in [3.63, 3.8) is 0 Å². The summed E-state index contributed by atoms with van der Waals surface area (Å²) in [5, 5.41) is 19.4. The van der Waals surface area contributed by atoms with Gasteiger partial charge < -0.3 is 10.2 Å². The minimum atomic E-state index is -0.649. The molecule has 0 unspecified atom stereocenters. The SMILES string of the molecule is CCCCCCCCCCCC1=C(O)C(=O)C(I)=C(O)C1=O. The molecule has 0 aliphatic heterocycles. The van der Waals surface area contributed by atoms with Crippen molar-refractivity contribution in [1.82, 2.24) is 0 Å². The van der Waals surface area contributed by atoms with Crippen LogP contribution in [0.25, 0.3) is 0 Å². The molecule has 0 aromatic carbocycles. The standard InChI is InChI=1S/C17H25IO4/c1-2-3-4-5-6-7-8-9-10-11-12-14(19)16(21)13(18)17(22)15(12)20/h19,22H,2-11H2,1H3. The largest absolute Gasteiger partial charge is 0.504 e. The molecular formula is C17H25IO4. The number of aliphatic hydroxyl groups excluding tert-OH is 2. The summed E-state index contributed by atoms with van der Waals surface area (Å²) in [5.74, 6) is -2.29. The fourth-order valence-electron chi connectivity index (χ4n) is 2.54. The molecule has 1 aliphatic carbocycles. The van der Waals surface area contributed by atoms with Gasteiger partial charge in [-0.2, -0.15) is 0 Å². The predicted octanol–water partition coefficient (Wildman–Crippen LogP) is 5.08. The van der Waals surface area contributed by atoms with Crippen molar-refractivity contribution in [2.24, 2.45) is 0 Å². The first-order chi connectivity index (χ1) is 10.5. The van der Waals surface area contributed by atoms with E-state index >= 15 is 0 Å². The molecule has 0 saturated heterocycles. The molecule has 0 radical (unpaired) electrons. The molecule has 5 heteroatoms. The molecule has 0 atom stereocenters. The number of Topliss-reactive ketones (excluding diaryl/α,β-unsaturated/α-hetero) is 2. The molecule has 22 heavy (non-hydrogen) atoms. The highest BCUT2D eigenvalue weighted by Gasteiger charge is 2.32. The Kier molecular flexibility index (Phi) is 8.75. The Morgan fingerprint density at radius 2 is 1.27 bits per heavy atom. The molecule has 0 saturated carbocycles. The Hall–Kier alpha value is -0.850. The summed E-state index contributed by atoms with van der Waals surface area (Å²) in [6.45, 7) is 2.20. The summed E-state index contributed by atoms with van der Waals surface area (Å²) in [6, 6.07) is 0. The summed E-state index contributed by atoms with van der Waals surface area (Å²) in [6.07, 6.45) is 10.7. The lowest BCUT2D eigenvalue weighted by molar-refractivity contribution is -0.119. The lowest BCUT2D eigenvalue weighted by Gasteiger charge is -2.14. The number of halogens is 1. The molecule has 0 aromatic heterocycles. The maximum atomic E-state index is 11.9. The summed E-state index contributed by atoms with van der Waals surface area (Å²) in [5.41, 5.74) is 0.0610. The normalized spacial score (nSPS) is 15.9. The van der Waals surface area contributed by atoms with Crippen molar-refractivity contribution >= 4 is 34.2 Å². The van der Waals surface area contributed by atoms with Crippen LogP contribution in [0.15, 0.2) is 20.7 Å². The van der Waals surface area contributed by atoms with Gasteiger partial charge in [0, 0.05) is 5.57 Å². The Morgan fingerprint density at radius 1 is 0.773 bits per heavy atom. The minimum Gasteiger partial charge on any atom is -0.504 e. The van der Waals surface area contributed by atoms with Gasteiger partial charge in [0.05, 0.1) is 0 Å². The van der Waals surface area contributed by atoms with Gasteiger partial charge in [-0.1, -0.05) is 58.3 Å². The zero-order valence-corrected chi connectivity index (χ0v) is 15.3. The van der Waals surface area contributed by atoms with E-state index in [2.05, 4.69) is 6.92 Å². The minimum absolute atomic E-state index is 0.0610. The van der Waals surface area contributed by atoms with E-state index in [1.165, 1.54) is 38.5 Å². The molecule has 124 valence electrons. The average Bonchev–Trinajstić information content (AvgIpc) is 2.52. The van der Waals surface area contributed by atoms with Gasteiger partial charge in [-0.25, -0.2) is 0 Å².